The zero-order chi connectivity index (χ0) is 13.1. The Morgan fingerprint density at radius 2 is 1.65 bits per heavy atom. The van der Waals surface area contributed by atoms with Crippen LogP contribution in [0.4, 0.5) is 0 Å². The topological polar surface area (TPSA) is 86.2 Å². The lowest BCUT2D eigenvalue weighted by molar-refractivity contribution is -0.141. The van der Waals surface area contributed by atoms with E-state index in [0.717, 1.165) is 5.56 Å². The molecule has 0 fully saturated rings. The lowest BCUT2D eigenvalue weighted by atomic mass is 9.70. The average Bonchev–Trinajstić information content (AvgIpc) is 2.30. The molecule has 2 amide bonds. The quantitative estimate of drug-likeness (QED) is 0.749. The van der Waals surface area contributed by atoms with Crippen LogP contribution in [0, 0.1) is 5.41 Å². The largest absolute Gasteiger partial charge is 0.369 e. The highest BCUT2D eigenvalue weighted by atomic mass is 16.2. The number of benzene rings is 1. The summed E-state index contributed by atoms with van der Waals surface area (Å²) in [5.74, 6) is -1.66. The van der Waals surface area contributed by atoms with Gasteiger partial charge in [0.05, 0.1) is 0 Å². The molecule has 0 radical (unpaired) electrons. The van der Waals surface area contributed by atoms with Crippen molar-refractivity contribution in [1.82, 2.24) is 0 Å². The van der Waals surface area contributed by atoms with E-state index in [9.17, 15) is 9.59 Å². The molecule has 0 saturated carbocycles. The summed E-state index contributed by atoms with van der Waals surface area (Å²) in [5.41, 5.74) is 10.3. The number of carbonyl (C=O) groups is 2. The first kappa shape index (κ1) is 13.2. The first-order chi connectivity index (χ1) is 7.96. The SMILES string of the molecule is CCC(C(N)=O)(C(N)=O)C(C)c1ccccc1. The van der Waals surface area contributed by atoms with Crippen molar-refractivity contribution in [1.29, 1.82) is 0 Å². The lowest BCUT2D eigenvalue weighted by Gasteiger charge is -2.32. The summed E-state index contributed by atoms with van der Waals surface area (Å²) in [5, 5.41) is 0. The third kappa shape index (κ3) is 2.16. The second-order valence-electron chi connectivity index (χ2n) is 4.19. The summed E-state index contributed by atoms with van der Waals surface area (Å²) in [6, 6.07) is 9.31. The Hall–Kier alpha value is -1.84. The molecule has 1 atom stereocenters. The van der Waals surface area contributed by atoms with Gasteiger partial charge in [0, 0.05) is 5.92 Å². The molecule has 4 N–H and O–H groups in total. The molecule has 1 aromatic rings. The van der Waals surface area contributed by atoms with Gasteiger partial charge in [-0.05, 0) is 12.0 Å². The first-order valence-corrected chi connectivity index (χ1v) is 5.61. The van der Waals surface area contributed by atoms with Crippen molar-refractivity contribution in [2.75, 3.05) is 0 Å². The van der Waals surface area contributed by atoms with Gasteiger partial charge in [-0.1, -0.05) is 44.2 Å². The van der Waals surface area contributed by atoms with Gasteiger partial charge < -0.3 is 11.5 Å². The smallest absolute Gasteiger partial charge is 0.233 e. The molecule has 0 saturated heterocycles. The van der Waals surface area contributed by atoms with Gasteiger partial charge in [0.15, 0.2) is 0 Å². The van der Waals surface area contributed by atoms with Crippen molar-refractivity contribution >= 4 is 11.8 Å². The standard InChI is InChI=1S/C13H18N2O2/c1-3-13(11(14)16,12(15)17)9(2)10-7-5-4-6-8-10/h4-9H,3H2,1-2H3,(H2,14,16)(H2,15,17). The van der Waals surface area contributed by atoms with Crippen LogP contribution in [0.5, 0.6) is 0 Å². The van der Waals surface area contributed by atoms with E-state index in [0.29, 0.717) is 6.42 Å². The molecule has 0 spiro atoms. The number of nitrogens with two attached hydrogens (primary N) is 2. The Labute approximate surface area is 101 Å². The third-order valence-electron chi connectivity index (χ3n) is 3.48. The van der Waals surface area contributed by atoms with Gasteiger partial charge >= 0.3 is 0 Å². The minimum absolute atomic E-state index is 0.299. The Balaban J connectivity index is 3.25. The van der Waals surface area contributed by atoms with Crippen LogP contribution in [0.3, 0.4) is 0 Å². The molecule has 1 unspecified atom stereocenters. The number of carbonyl (C=O) groups excluding carboxylic acids is 2. The van der Waals surface area contributed by atoms with Crippen molar-refractivity contribution in [3.8, 4) is 0 Å². The van der Waals surface area contributed by atoms with E-state index >= 15 is 0 Å². The van der Waals surface area contributed by atoms with Crippen LogP contribution in [-0.4, -0.2) is 11.8 Å². The molecule has 0 aliphatic rings. The summed E-state index contributed by atoms with van der Waals surface area (Å²) in [4.78, 5) is 23.3. The zero-order valence-corrected chi connectivity index (χ0v) is 10.1. The molecule has 0 aliphatic carbocycles. The summed E-state index contributed by atoms with van der Waals surface area (Å²) < 4.78 is 0. The molecule has 1 rings (SSSR count). The maximum atomic E-state index is 11.6. The molecule has 17 heavy (non-hydrogen) atoms. The molecular weight excluding hydrogens is 216 g/mol. The van der Waals surface area contributed by atoms with Gasteiger partial charge in [0.1, 0.15) is 5.41 Å². The van der Waals surface area contributed by atoms with E-state index in [-0.39, 0.29) is 5.92 Å². The van der Waals surface area contributed by atoms with Crippen LogP contribution in [0.15, 0.2) is 30.3 Å². The number of amides is 2. The van der Waals surface area contributed by atoms with Crippen LogP contribution < -0.4 is 11.5 Å². The first-order valence-electron chi connectivity index (χ1n) is 5.61. The minimum Gasteiger partial charge on any atom is -0.369 e. The maximum Gasteiger partial charge on any atom is 0.233 e. The van der Waals surface area contributed by atoms with E-state index in [4.69, 9.17) is 11.5 Å². The molecule has 0 aliphatic heterocycles. The van der Waals surface area contributed by atoms with Gasteiger partial charge in [-0.15, -0.1) is 0 Å². The molecular formula is C13H18N2O2. The molecule has 0 bridgehead atoms. The fraction of sp³-hybridized carbons (Fsp3) is 0.385. The predicted molar refractivity (Wildman–Crippen MR) is 66.0 cm³/mol. The molecule has 4 heteroatoms. The monoisotopic (exact) mass is 234 g/mol. The van der Waals surface area contributed by atoms with Crippen LogP contribution >= 0.6 is 0 Å². The van der Waals surface area contributed by atoms with Crippen LogP contribution in [0.2, 0.25) is 0 Å². The average molecular weight is 234 g/mol. The van der Waals surface area contributed by atoms with Crippen LogP contribution in [0.25, 0.3) is 0 Å². The molecule has 0 heterocycles. The molecule has 0 aromatic heterocycles. The summed E-state index contributed by atoms with van der Waals surface area (Å²) in [6.07, 6.45) is 0.299. The highest BCUT2D eigenvalue weighted by molar-refractivity contribution is 6.04. The number of hydrogen-bond acceptors (Lipinski definition) is 2. The van der Waals surface area contributed by atoms with Crippen molar-refractivity contribution in [2.24, 2.45) is 16.9 Å². The number of primary amides is 2. The van der Waals surface area contributed by atoms with Crippen LogP contribution in [-0.2, 0) is 9.59 Å². The highest BCUT2D eigenvalue weighted by Crippen LogP contribution is 2.38. The Morgan fingerprint density at radius 1 is 1.18 bits per heavy atom. The van der Waals surface area contributed by atoms with E-state index in [1.165, 1.54) is 0 Å². The summed E-state index contributed by atoms with van der Waals surface area (Å²) in [6.45, 7) is 3.54. The minimum atomic E-state index is -1.32. The van der Waals surface area contributed by atoms with E-state index in [1.54, 1.807) is 13.8 Å². The van der Waals surface area contributed by atoms with Crippen molar-refractivity contribution in [2.45, 2.75) is 26.2 Å². The second kappa shape index (κ2) is 4.99. The highest BCUT2D eigenvalue weighted by Gasteiger charge is 2.46. The predicted octanol–water partition coefficient (Wildman–Crippen LogP) is 1.16. The van der Waals surface area contributed by atoms with Crippen molar-refractivity contribution in [3.63, 3.8) is 0 Å². The van der Waals surface area contributed by atoms with Crippen molar-refractivity contribution < 1.29 is 9.59 Å². The normalized spacial score (nSPS) is 13.1. The Kier molecular flexibility index (Phi) is 3.89. The molecule has 1 aromatic carbocycles. The Morgan fingerprint density at radius 3 is 2.00 bits per heavy atom. The summed E-state index contributed by atoms with van der Waals surface area (Å²) >= 11 is 0. The molecule has 4 nitrogen and oxygen atoms in total. The zero-order valence-electron chi connectivity index (χ0n) is 10.1. The van der Waals surface area contributed by atoms with Gasteiger partial charge in [0.25, 0.3) is 0 Å². The number of rotatable bonds is 5. The lowest BCUT2D eigenvalue weighted by Crippen LogP contribution is -2.50. The van der Waals surface area contributed by atoms with E-state index in [1.807, 2.05) is 30.3 Å². The van der Waals surface area contributed by atoms with Gasteiger partial charge in [-0.3, -0.25) is 9.59 Å². The fourth-order valence-electron chi connectivity index (χ4n) is 2.23. The van der Waals surface area contributed by atoms with Crippen LogP contribution in [0.1, 0.15) is 31.7 Å². The van der Waals surface area contributed by atoms with Crippen molar-refractivity contribution in [3.05, 3.63) is 35.9 Å². The van der Waals surface area contributed by atoms with E-state index in [2.05, 4.69) is 0 Å². The van der Waals surface area contributed by atoms with Gasteiger partial charge in [0.2, 0.25) is 11.8 Å². The van der Waals surface area contributed by atoms with E-state index < -0.39 is 17.2 Å². The number of hydrogen-bond donors (Lipinski definition) is 2. The Bertz CT molecular complexity index is 401. The molecule has 92 valence electrons. The second-order valence-corrected chi connectivity index (χ2v) is 4.19. The summed E-state index contributed by atoms with van der Waals surface area (Å²) in [7, 11) is 0. The van der Waals surface area contributed by atoms with Gasteiger partial charge in [-0.2, -0.15) is 0 Å². The maximum absolute atomic E-state index is 11.6. The fourth-order valence-corrected chi connectivity index (χ4v) is 2.23. The third-order valence-corrected chi connectivity index (χ3v) is 3.48. The van der Waals surface area contributed by atoms with Gasteiger partial charge in [-0.25, -0.2) is 0 Å².